The molecule has 1 aliphatic heterocycles. The number of ether oxygens (including phenoxy) is 2. The number of methoxy groups -OCH3 is 2. The number of H-pyrrole nitrogens is 1. The van der Waals surface area contributed by atoms with E-state index in [1.54, 1.807) is 29.2 Å². The molecule has 6 N–H and O–H groups in total. The van der Waals surface area contributed by atoms with Crippen molar-refractivity contribution in [1.29, 1.82) is 0 Å². The van der Waals surface area contributed by atoms with E-state index in [0.29, 0.717) is 23.7 Å². The number of fused-ring (bicyclic) bond motifs is 1. The van der Waals surface area contributed by atoms with Crippen molar-refractivity contribution in [2.45, 2.75) is 12.5 Å². The first-order chi connectivity index (χ1) is 20.5. The van der Waals surface area contributed by atoms with Gasteiger partial charge >= 0.3 is 15.6 Å². The Balaban J connectivity index is 1.28. The number of anilines is 3. The number of benzene rings is 2. The van der Waals surface area contributed by atoms with E-state index in [4.69, 9.17) is 33.3 Å². The Morgan fingerprint density at radius 1 is 0.907 bits per heavy atom. The van der Waals surface area contributed by atoms with E-state index in [0.717, 1.165) is 0 Å². The van der Waals surface area contributed by atoms with Crippen LogP contribution in [0.1, 0.15) is 6.42 Å². The van der Waals surface area contributed by atoms with Crippen LogP contribution in [0.5, 0.6) is 23.0 Å². The minimum atomic E-state index is -4.59. The number of aromatic amines is 1. The van der Waals surface area contributed by atoms with E-state index in [-0.39, 0.29) is 49.1 Å². The molecule has 18 heteroatoms. The van der Waals surface area contributed by atoms with Crippen molar-refractivity contribution in [2.75, 3.05) is 50.1 Å². The number of nitrogens with zero attached hydrogens (tertiary/aromatic N) is 2. The van der Waals surface area contributed by atoms with Crippen molar-refractivity contribution in [3.63, 3.8) is 0 Å². The van der Waals surface area contributed by atoms with Gasteiger partial charge in [0.25, 0.3) is 5.56 Å². The SMILES string of the molecule is COc1ccc(OP(=O)(O)OC[C@H]2C[C@@H](N3CNc4c3nc(N)[nH]c4=O)[C@@H]2COP(=O)(O)Oc2ccc(OC)cc2)cc1. The molecule has 1 aliphatic carbocycles. The summed E-state index contributed by atoms with van der Waals surface area (Å²) in [5.74, 6) is 0.574. The number of phosphoric ester groups is 2. The summed E-state index contributed by atoms with van der Waals surface area (Å²) in [7, 11) is -6.15. The van der Waals surface area contributed by atoms with Crippen LogP contribution < -0.4 is 40.0 Å². The molecule has 5 rings (SSSR count). The van der Waals surface area contributed by atoms with Crippen LogP contribution in [0.4, 0.5) is 17.5 Å². The predicted molar refractivity (Wildman–Crippen MR) is 154 cm³/mol. The summed E-state index contributed by atoms with van der Waals surface area (Å²) in [5, 5.41) is 2.98. The zero-order valence-corrected chi connectivity index (χ0v) is 24.9. The summed E-state index contributed by atoms with van der Waals surface area (Å²) in [6.45, 7) is -0.313. The van der Waals surface area contributed by atoms with Crippen LogP contribution in [0.25, 0.3) is 0 Å². The van der Waals surface area contributed by atoms with Gasteiger partial charge in [0.05, 0.1) is 34.1 Å². The molecule has 2 aromatic carbocycles. The molecule has 0 amide bonds. The van der Waals surface area contributed by atoms with E-state index in [2.05, 4.69) is 15.3 Å². The summed E-state index contributed by atoms with van der Waals surface area (Å²) in [6, 6.07) is 11.7. The molecular formula is C25H31N5O11P2. The van der Waals surface area contributed by atoms with Gasteiger partial charge < -0.3 is 34.5 Å². The van der Waals surface area contributed by atoms with Gasteiger partial charge in [-0.25, -0.2) is 9.13 Å². The van der Waals surface area contributed by atoms with Crippen LogP contribution in [0.3, 0.4) is 0 Å². The average Bonchev–Trinajstić information content (AvgIpc) is 3.36. The molecule has 0 saturated heterocycles. The van der Waals surface area contributed by atoms with Gasteiger partial charge in [-0.3, -0.25) is 28.6 Å². The van der Waals surface area contributed by atoms with E-state index in [9.17, 15) is 23.7 Å². The zero-order chi connectivity index (χ0) is 30.8. The number of nitrogens with one attached hydrogen (secondary N) is 2. The number of nitrogens with two attached hydrogens (primary N) is 1. The van der Waals surface area contributed by atoms with Gasteiger partial charge in [-0.1, -0.05) is 0 Å². The normalized spacial score (nSPS) is 21.9. The van der Waals surface area contributed by atoms with Crippen LogP contribution in [-0.2, 0) is 18.2 Å². The van der Waals surface area contributed by atoms with Gasteiger partial charge in [-0.2, -0.15) is 4.98 Å². The van der Waals surface area contributed by atoms with Crippen molar-refractivity contribution in [3.8, 4) is 23.0 Å². The maximum Gasteiger partial charge on any atom is 0.527 e. The Hall–Kier alpha value is -3.78. The molecular weight excluding hydrogens is 608 g/mol. The lowest BCUT2D eigenvalue weighted by Crippen LogP contribution is -2.55. The Morgan fingerprint density at radius 3 is 1.95 bits per heavy atom. The number of rotatable bonds is 13. The van der Waals surface area contributed by atoms with Crippen LogP contribution in [0.2, 0.25) is 0 Å². The Kier molecular flexibility index (Phi) is 8.88. The molecule has 0 radical (unpaired) electrons. The molecule has 0 spiro atoms. The van der Waals surface area contributed by atoms with E-state index < -0.39 is 33.0 Å². The second-order valence-electron chi connectivity index (χ2n) is 9.74. The lowest BCUT2D eigenvalue weighted by atomic mass is 9.69. The van der Waals surface area contributed by atoms with Crippen molar-refractivity contribution >= 4 is 33.1 Å². The molecule has 1 aromatic heterocycles. The molecule has 1 fully saturated rings. The highest BCUT2D eigenvalue weighted by Gasteiger charge is 2.48. The second-order valence-corrected chi connectivity index (χ2v) is 12.5. The van der Waals surface area contributed by atoms with Crippen LogP contribution in [-0.4, -0.2) is 59.9 Å². The van der Waals surface area contributed by atoms with Gasteiger partial charge in [-0.05, 0) is 60.9 Å². The fourth-order valence-electron chi connectivity index (χ4n) is 4.90. The van der Waals surface area contributed by atoms with Gasteiger partial charge in [0.1, 0.15) is 28.7 Å². The van der Waals surface area contributed by atoms with E-state index in [1.165, 1.54) is 38.5 Å². The topological polar surface area (TPSA) is 217 Å². The quantitative estimate of drug-likeness (QED) is 0.170. The summed E-state index contributed by atoms with van der Waals surface area (Å²) in [5.41, 5.74) is 5.55. The number of nitrogen functional groups attached to an aromatic ring is 1. The van der Waals surface area contributed by atoms with Crippen LogP contribution in [0.15, 0.2) is 53.3 Å². The zero-order valence-electron chi connectivity index (χ0n) is 23.1. The summed E-state index contributed by atoms with van der Waals surface area (Å²) >= 11 is 0. The highest BCUT2D eigenvalue weighted by Crippen LogP contribution is 2.51. The second kappa shape index (κ2) is 12.4. The molecule has 232 valence electrons. The Morgan fingerprint density at radius 2 is 1.42 bits per heavy atom. The highest BCUT2D eigenvalue weighted by molar-refractivity contribution is 7.48. The van der Waals surface area contributed by atoms with Crippen molar-refractivity contribution in [3.05, 3.63) is 58.9 Å². The average molecular weight is 639 g/mol. The van der Waals surface area contributed by atoms with E-state index in [1.807, 2.05) is 0 Å². The third-order valence-electron chi connectivity index (χ3n) is 7.10. The monoisotopic (exact) mass is 639 g/mol. The van der Waals surface area contributed by atoms with Crippen molar-refractivity contribution in [1.82, 2.24) is 9.97 Å². The number of phosphoric acid groups is 2. The Bertz CT molecular complexity index is 1590. The summed E-state index contributed by atoms with van der Waals surface area (Å²) in [6.07, 6.45) is 0.404. The largest absolute Gasteiger partial charge is 0.527 e. The molecule has 0 bridgehead atoms. The first-order valence-corrected chi connectivity index (χ1v) is 16.0. The molecule has 2 heterocycles. The molecule has 3 aromatic rings. The first kappa shape index (κ1) is 30.7. The predicted octanol–water partition coefficient (Wildman–Crippen LogP) is 2.96. The maximum absolute atomic E-state index is 12.8. The van der Waals surface area contributed by atoms with Crippen molar-refractivity contribution < 1.29 is 46.5 Å². The Labute approximate surface area is 245 Å². The lowest BCUT2D eigenvalue weighted by Gasteiger charge is -2.48. The summed E-state index contributed by atoms with van der Waals surface area (Å²) in [4.78, 5) is 41.5. The van der Waals surface area contributed by atoms with E-state index >= 15 is 0 Å². The highest BCUT2D eigenvalue weighted by atomic mass is 31.2. The number of hydrogen-bond acceptors (Lipinski definition) is 13. The molecule has 1 saturated carbocycles. The first-order valence-electron chi connectivity index (χ1n) is 13.0. The number of aromatic nitrogens is 2. The van der Waals surface area contributed by atoms with Gasteiger partial charge in [0.2, 0.25) is 5.95 Å². The van der Waals surface area contributed by atoms with Gasteiger partial charge in [0.15, 0.2) is 5.82 Å². The van der Waals surface area contributed by atoms with Crippen LogP contribution in [0, 0.1) is 11.8 Å². The fourth-order valence-corrected chi connectivity index (χ4v) is 6.52. The molecule has 43 heavy (non-hydrogen) atoms. The minimum absolute atomic E-state index is 0.0749. The van der Waals surface area contributed by atoms with Gasteiger partial charge in [0, 0.05) is 12.0 Å². The van der Waals surface area contributed by atoms with Gasteiger partial charge in [-0.15, -0.1) is 0 Å². The smallest absolute Gasteiger partial charge is 0.497 e. The minimum Gasteiger partial charge on any atom is -0.497 e. The fraction of sp³-hybridized carbons (Fsp3) is 0.360. The third kappa shape index (κ3) is 7.24. The molecule has 16 nitrogen and oxygen atoms in total. The maximum atomic E-state index is 12.8. The molecule has 2 unspecified atom stereocenters. The summed E-state index contributed by atoms with van der Waals surface area (Å²) < 4.78 is 56.6. The standard InChI is InChI=1S/C25H31N5O11P2/c1-36-16-3-7-18(8-4-16)40-42(32,33)38-12-15-11-21(30-14-27-22-23(30)28-25(26)29-24(22)31)20(15)13-39-43(34,35)41-19-9-5-17(37-2)6-10-19/h3-10,15,20-21,27H,11-14H2,1-2H3,(H,32,33)(H,34,35)(H3,26,28,29,31)/t15-,20-,21-/m1/s1. The third-order valence-corrected chi connectivity index (χ3v) is 8.94. The molecule has 2 aliphatic rings. The molecule has 5 atom stereocenters. The lowest BCUT2D eigenvalue weighted by molar-refractivity contribution is 0.0211. The number of hydrogen-bond donors (Lipinski definition) is 5. The van der Waals surface area contributed by atoms with Crippen molar-refractivity contribution in [2.24, 2.45) is 11.8 Å². The van der Waals surface area contributed by atoms with Crippen LogP contribution >= 0.6 is 15.6 Å².